The highest BCUT2D eigenvalue weighted by molar-refractivity contribution is 9.10. The predicted octanol–water partition coefficient (Wildman–Crippen LogP) is 2.43. The molecule has 104 valence electrons. The van der Waals surface area contributed by atoms with Gasteiger partial charge in [0.25, 0.3) is 0 Å². The van der Waals surface area contributed by atoms with Crippen molar-refractivity contribution in [3.8, 4) is 0 Å². The lowest BCUT2D eigenvalue weighted by Crippen LogP contribution is -2.52. The first-order chi connectivity index (χ1) is 9.22. The van der Waals surface area contributed by atoms with E-state index >= 15 is 0 Å². The number of aliphatic hydroxyl groups excluding tert-OH is 1. The third kappa shape index (κ3) is 2.72. The Hall–Kier alpha value is -0.420. The van der Waals surface area contributed by atoms with Crippen LogP contribution in [0, 0.1) is 5.41 Å². The molecule has 0 radical (unpaired) electrons. The lowest BCUT2D eigenvalue weighted by molar-refractivity contribution is -0.135. The third-order valence-corrected chi connectivity index (χ3v) is 4.79. The second-order valence-electron chi connectivity index (χ2n) is 5.82. The maximum atomic E-state index is 9.48. The van der Waals surface area contributed by atoms with Gasteiger partial charge < -0.3 is 15.2 Å². The Morgan fingerprint density at radius 1 is 1.42 bits per heavy atom. The Kier molecular flexibility index (Phi) is 3.94. The van der Waals surface area contributed by atoms with Gasteiger partial charge >= 0.3 is 0 Å². The number of benzene rings is 1. The van der Waals surface area contributed by atoms with Gasteiger partial charge in [0, 0.05) is 17.1 Å². The number of fused-ring (bicyclic) bond motifs is 1. The van der Waals surface area contributed by atoms with Crippen molar-refractivity contribution in [3.63, 3.8) is 0 Å². The fraction of sp³-hybridized carbons (Fsp3) is 0.600. The number of halogens is 1. The maximum Gasteiger partial charge on any atom is 0.0579 e. The van der Waals surface area contributed by atoms with Crippen LogP contribution >= 0.6 is 15.9 Å². The molecule has 1 heterocycles. The Bertz CT molecular complexity index is 454. The quantitative estimate of drug-likeness (QED) is 0.893. The van der Waals surface area contributed by atoms with E-state index in [-0.39, 0.29) is 12.0 Å². The molecule has 1 atom stereocenters. The van der Waals surface area contributed by atoms with Crippen molar-refractivity contribution in [2.45, 2.75) is 25.3 Å². The predicted molar refractivity (Wildman–Crippen MR) is 78.2 cm³/mol. The van der Waals surface area contributed by atoms with Crippen molar-refractivity contribution in [1.82, 2.24) is 5.32 Å². The van der Waals surface area contributed by atoms with Crippen LogP contribution in [0.4, 0.5) is 0 Å². The van der Waals surface area contributed by atoms with Crippen LogP contribution in [-0.2, 0) is 11.2 Å². The molecule has 19 heavy (non-hydrogen) atoms. The van der Waals surface area contributed by atoms with Gasteiger partial charge in [-0.3, -0.25) is 0 Å². The average molecular weight is 326 g/mol. The van der Waals surface area contributed by atoms with Gasteiger partial charge in [0.05, 0.1) is 25.2 Å². The van der Waals surface area contributed by atoms with Crippen molar-refractivity contribution in [3.05, 3.63) is 33.8 Å². The number of nitrogens with one attached hydrogen (secondary N) is 1. The molecule has 0 saturated carbocycles. The number of aryl methyl sites for hydroxylation is 1. The zero-order chi connectivity index (χ0) is 13.3. The molecule has 2 N–H and O–H groups in total. The minimum absolute atomic E-state index is 0.0520. The van der Waals surface area contributed by atoms with Gasteiger partial charge in [0.1, 0.15) is 0 Å². The van der Waals surface area contributed by atoms with Crippen LogP contribution in [0.2, 0.25) is 0 Å². The summed E-state index contributed by atoms with van der Waals surface area (Å²) in [7, 11) is 0. The number of ether oxygens (including phenoxy) is 1. The highest BCUT2D eigenvalue weighted by Crippen LogP contribution is 2.33. The maximum absolute atomic E-state index is 9.48. The molecule has 0 spiro atoms. The molecule has 0 aromatic heterocycles. The van der Waals surface area contributed by atoms with Crippen LogP contribution in [0.5, 0.6) is 0 Å². The smallest absolute Gasteiger partial charge is 0.0579 e. The van der Waals surface area contributed by atoms with E-state index < -0.39 is 0 Å². The second-order valence-corrected chi connectivity index (χ2v) is 6.74. The summed E-state index contributed by atoms with van der Waals surface area (Å²) in [5.74, 6) is 0. The van der Waals surface area contributed by atoms with Crippen LogP contribution in [0.15, 0.2) is 22.7 Å². The molecule has 4 heteroatoms. The molecular weight excluding hydrogens is 306 g/mol. The molecule has 1 aromatic rings. The van der Waals surface area contributed by atoms with E-state index in [0.717, 1.165) is 11.0 Å². The molecule has 3 rings (SSSR count). The number of hydrogen-bond acceptors (Lipinski definition) is 3. The molecule has 1 aromatic carbocycles. The summed E-state index contributed by atoms with van der Waals surface area (Å²) in [6.45, 7) is 2.39. The Morgan fingerprint density at radius 3 is 2.95 bits per heavy atom. The summed E-state index contributed by atoms with van der Waals surface area (Å²) >= 11 is 3.56. The van der Waals surface area contributed by atoms with Gasteiger partial charge in [-0.05, 0) is 42.5 Å². The van der Waals surface area contributed by atoms with Gasteiger partial charge in [-0.15, -0.1) is 0 Å². The fourth-order valence-electron chi connectivity index (χ4n) is 2.96. The Morgan fingerprint density at radius 2 is 2.26 bits per heavy atom. The zero-order valence-electron chi connectivity index (χ0n) is 11.0. The summed E-state index contributed by atoms with van der Waals surface area (Å²) in [5.41, 5.74) is 2.81. The molecule has 1 aliphatic carbocycles. The van der Waals surface area contributed by atoms with E-state index in [1.54, 1.807) is 0 Å². The van der Waals surface area contributed by atoms with Crippen LogP contribution in [0.1, 0.15) is 30.0 Å². The third-order valence-electron chi connectivity index (χ3n) is 4.30. The van der Waals surface area contributed by atoms with Crippen molar-refractivity contribution in [2.24, 2.45) is 5.41 Å². The summed E-state index contributed by atoms with van der Waals surface area (Å²) < 4.78 is 6.39. The minimum atomic E-state index is -0.0520. The largest absolute Gasteiger partial charge is 0.396 e. The highest BCUT2D eigenvalue weighted by Gasteiger charge is 2.38. The second kappa shape index (κ2) is 5.52. The lowest BCUT2D eigenvalue weighted by atomic mass is 9.84. The fourth-order valence-corrected chi connectivity index (χ4v) is 3.34. The van der Waals surface area contributed by atoms with E-state index in [4.69, 9.17) is 4.74 Å². The molecular formula is C15H20BrNO2. The molecule has 0 amide bonds. The normalized spacial score (nSPS) is 24.6. The Balaban J connectivity index is 1.71. The first-order valence-corrected chi connectivity index (χ1v) is 7.72. The Labute approximate surface area is 122 Å². The van der Waals surface area contributed by atoms with Crippen molar-refractivity contribution in [2.75, 3.05) is 26.4 Å². The van der Waals surface area contributed by atoms with E-state index in [1.807, 2.05) is 0 Å². The molecule has 3 nitrogen and oxygen atoms in total. The van der Waals surface area contributed by atoms with Crippen LogP contribution in [0.3, 0.4) is 0 Å². The summed E-state index contributed by atoms with van der Waals surface area (Å²) in [6.07, 6.45) is 3.58. The van der Waals surface area contributed by atoms with E-state index in [9.17, 15) is 5.11 Å². The van der Waals surface area contributed by atoms with Gasteiger partial charge in [0.15, 0.2) is 0 Å². The van der Waals surface area contributed by atoms with Gasteiger partial charge in [-0.1, -0.05) is 22.0 Å². The van der Waals surface area contributed by atoms with Crippen LogP contribution in [0.25, 0.3) is 0 Å². The molecule has 0 bridgehead atoms. The van der Waals surface area contributed by atoms with Crippen molar-refractivity contribution < 1.29 is 9.84 Å². The minimum Gasteiger partial charge on any atom is -0.396 e. The number of hydrogen-bond donors (Lipinski definition) is 2. The lowest BCUT2D eigenvalue weighted by Gasteiger charge is -2.41. The summed E-state index contributed by atoms with van der Waals surface area (Å²) in [5, 5.41) is 13.1. The molecule has 1 aliphatic heterocycles. The first kappa shape index (κ1) is 13.6. The first-order valence-electron chi connectivity index (χ1n) is 6.93. The standard InChI is InChI=1S/C15H20BrNO2/c16-12-5-4-11-2-1-3-14(13(11)6-12)17-7-15(8-18)9-19-10-15/h4-6,14,17-18H,1-3,7-10H2. The summed E-state index contributed by atoms with van der Waals surface area (Å²) in [4.78, 5) is 0. The summed E-state index contributed by atoms with van der Waals surface area (Å²) in [6, 6.07) is 6.98. The number of rotatable bonds is 4. The zero-order valence-corrected chi connectivity index (χ0v) is 12.6. The van der Waals surface area contributed by atoms with E-state index in [0.29, 0.717) is 19.3 Å². The average Bonchev–Trinajstić information content (AvgIpc) is 2.38. The monoisotopic (exact) mass is 325 g/mol. The van der Waals surface area contributed by atoms with Crippen LogP contribution in [-0.4, -0.2) is 31.5 Å². The van der Waals surface area contributed by atoms with E-state index in [1.165, 1.54) is 30.4 Å². The molecule has 1 saturated heterocycles. The van der Waals surface area contributed by atoms with Crippen molar-refractivity contribution >= 4 is 15.9 Å². The molecule has 1 fully saturated rings. The molecule has 1 unspecified atom stereocenters. The van der Waals surface area contributed by atoms with E-state index in [2.05, 4.69) is 39.4 Å². The van der Waals surface area contributed by atoms with Crippen LogP contribution < -0.4 is 5.32 Å². The van der Waals surface area contributed by atoms with Gasteiger partial charge in [-0.2, -0.15) is 0 Å². The highest BCUT2D eigenvalue weighted by atomic mass is 79.9. The van der Waals surface area contributed by atoms with Crippen molar-refractivity contribution in [1.29, 1.82) is 0 Å². The molecule has 2 aliphatic rings. The topological polar surface area (TPSA) is 41.5 Å². The SMILES string of the molecule is OCC1(CNC2CCCc3ccc(Br)cc32)COC1. The van der Waals surface area contributed by atoms with Gasteiger partial charge in [0.2, 0.25) is 0 Å². The van der Waals surface area contributed by atoms with Gasteiger partial charge in [-0.25, -0.2) is 0 Å². The number of aliphatic hydroxyl groups is 1.